The monoisotopic (exact) mass is 285 g/mol. The maximum atomic E-state index is 12.3. The second-order valence-corrected chi connectivity index (χ2v) is 4.96. The van der Waals surface area contributed by atoms with Crippen LogP contribution in [0.2, 0.25) is 0 Å². The van der Waals surface area contributed by atoms with Crippen molar-refractivity contribution in [2.75, 3.05) is 19.6 Å². The first-order valence-electron chi connectivity index (χ1n) is 6.69. The summed E-state index contributed by atoms with van der Waals surface area (Å²) in [5.41, 5.74) is 2.23. The molecule has 1 fully saturated rings. The molecule has 7 nitrogen and oxygen atoms in total. The van der Waals surface area contributed by atoms with Crippen LogP contribution in [-0.4, -0.2) is 51.3 Å². The molecular weight excluding hydrogens is 270 g/mol. The van der Waals surface area contributed by atoms with Crippen LogP contribution in [0.1, 0.15) is 16.1 Å². The van der Waals surface area contributed by atoms with Gasteiger partial charge in [0.1, 0.15) is 0 Å². The summed E-state index contributed by atoms with van der Waals surface area (Å²) in [6.45, 7) is 3.02. The number of benzene rings is 1. The number of amides is 2. The van der Waals surface area contributed by atoms with Crippen molar-refractivity contribution >= 4 is 11.8 Å². The van der Waals surface area contributed by atoms with Gasteiger partial charge in [-0.25, -0.2) is 4.68 Å². The third-order valence-corrected chi connectivity index (χ3v) is 3.34. The second kappa shape index (κ2) is 5.35. The minimum Gasteiger partial charge on any atom is -0.353 e. The number of hydrogen-bond acceptors (Lipinski definition) is 4. The van der Waals surface area contributed by atoms with Gasteiger partial charge in [-0.15, -0.1) is 5.10 Å². The molecule has 1 aliphatic heterocycles. The molecule has 1 aromatic heterocycles. The van der Waals surface area contributed by atoms with Gasteiger partial charge in [0, 0.05) is 13.1 Å². The van der Waals surface area contributed by atoms with E-state index in [4.69, 9.17) is 0 Å². The molecule has 0 atom stereocenters. The quantitative estimate of drug-likeness (QED) is 0.851. The molecule has 0 radical (unpaired) electrons. The van der Waals surface area contributed by atoms with Crippen molar-refractivity contribution in [3.05, 3.63) is 41.7 Å². The highest BCUT2D eigenvalue weighted by Gasteiger charge is 2.24. The Morgan fingerprint density at radius 3 is 2.76 bits per heavy atom. The van der Waals surface area contributed by atoms with Crippen molar-refractivity contribution in [3.63, 3.8) is 0 Å². The van der Waals surface area contributed by atoms with Gasteiger partial charge in [0.2, 0.25) is 5.91 Å². The molecule has 0 aliphatic carbocycles. The van der Waals surface area contributed by atoms with Gasteiger partial charge in [0.05, 0.1) is 18.4 Å². The van der Waals surface area contributed by atoms with Crippen LogP contribution in [0.15, 0.2) is 30.5 Å². The number of aromatic nitrogens is 3. The van der Waals surface area contributed by atoms with Gasteiger partial charge in [-0.05, 0) is 19.1 Å². The summed E-state index contributed by atoms with van der Waals surface area (Å²) in [5.74, 6) is -0.427. The summed E-state index contributed by atoms with van der Waals surface area (Å²) in [4.78, 5) is 25.1. The minimum absolute atomic E-state index is 0.0657. The van der Waals surface area contributed by atoms with Gasteiger partial charge in [0.25, 0.3) is 5.91 Å². The fourth-order valence-corrected chi connectivity index (χ4v) is 2.16. The number of piperazine rings is 1. The zero-order valence-electron chi connectivity index (χ0n) is 11.6. The fraction of sp³-hybridized carbons (Fsp3) is 0.286. The zero-order chi connectivity index (χ0) is 14.8. The summed E-state index contributed by atoms with van der Waals surface area (Å²) in [5, 5.41) is 10.6. The molecular formula is C14H15N5O2. The summed E-state index contributed by atoms with van der Waals surface area (Å²) >= 11 is 0. The molecule has 108 valence electrons. The van der Waals surface area contributed by atoms with Crippen LogP contribution < -0.4 is 5.32 Å². The lowest BCUT2D eigenvalue weighted by Crippen LogP contribution is -2.50. The largest absolute Gasteiger partial charge is 0.353 e. The average molecular weight is 285 g/mol. The molecule has 0 spiro atoms. The molecule has 21 heavy (non-hydrogen) atoms. The Kier molecular flexibility index (Phi) is 3.39. The van der Waals surface area contributed by atoms with Gasteiger partial charge >= 0.3 is 0 Å². The molecule has 1 aromatic carbocycles. The summed E-state index contributed by atoms with van der Waals surface area (Å²) < 4.78 is 1.55. The van der Waals surface area contributed by atoms with E-state index >= 15 is 0 Å². The molecule has 0 unspecified atom stereocenters. The van der Waals surface area contributed by atoms with Crippen molar-refractivity contribution in [3.8, 4) is 5.69 Å². The number of nitrogens with zero attached hydrogens (tertiary/aromatic N) is 4. The van der Waals surface area contributed by atoms with Crippen LogP contribution in [0.3, 0.4) is 0 Å². The Balaban J connectivity index is 1.79. The Morgan fingerprint density at radius 1 is 1.29 bits per heavy atom. The van der Waals surface area contributed by atoms with Crippen molar-refractivity contribution in [1.82, 2.24) is 25.2 Å². The van der Waals surface area contributed by atoms with E-state index in [0.29, 0.717) is 13.1 Å². The maximum absolute atomic E-state index is 12.3. The Bertz CT molecular complexity index is 677. The lowest BCUT2D eigenvalue weighted by molar-refractivity contribution is -0.123. The van der Waals surface area contributed by atoms with Crippen LogP contribution in [0.5, 0.6) is 0 Å². The second-order valence-electron chi connectivity index (χ2n) is 4.96. The normalized spacial score (nSPS) is 14.9. The van der Waals surface area contributed by atoms with Crippen LogP contribution in [-0.2, 0) is 4.79 Å². The van der Waals surface area contributed by atoms with E-state index in [1.165, 1.54) is 4.90 Å². The first-order valence-corrected chi connectivity index (χ1v) is 6.69. The highest BCUT2D eigenvalue weighted by atomic mass is 16.2. The van der Waals surface area contributed by atoms with Crippen LogP contribution in [0.4, 0.5) is 0 Å². The standard InChI is InChI=1S/C14H15N5O2/c1-10-2-4-11(5-3-10)19-8-12(16-17-19)14(21)18-7-6-15-13(20)9-18/h2-5,8H,6-7,9H2,1H3,(H,15,20). The molecule has 3 rings (SSSR count). The van der Waals surface area contributed by atoms with Crippen molar-refractivity contribution < 1.29 is 9.59 Å². The first kappa shape index (κ1) is 13.3. The molecule has 1 aliphatic rings. The molecule has 2 heterocycles. The Labute approximate surface area is 121 Å². The summed E-state index contributed by atoms with van der Waals surface area (Å²) in [6, 6.07) is 7.75. The van der Waals surface area contributed by atoms with Gasteiger partial charge in [-0.2, -0.15) is 0 Å². The smallest absolute Gasteiger partial charge is 0.276 e. The number of aryl methyl sites for hydroxylation is 1. The zero-order valence-corrected chi connectivity index (χ0v) is 11.6. The molecule has 0 saturated carbocycles. The predicted octanol–water partition coefficient (Wildman–Crippen LogP) is 0.148. The Morgan fingerprint density at radius 2 is 2.05 bits per heavy atom. The van der Waals surface area contributed by atoms with E-state index in [9.17, 15) is 9.59 Å². The highest BCUT2D eigenvalue weighted by molar-refractivity contribution is 5.95. The number of carbonyl (C=O) groups is 2. The van der Waals surface area contributed by atoms with E-state index in [0.717, 1.165) is 11.3 Å². The molecule has 2 amide bonds. The van der Waals surface area contributed by atoms with Crippen molar-refractivity contribution in [2.45, 2.75) is 6.92 Å². The number of rotatable bonds is 2. The maximum Gasteiger partial charge on any atom is 0.276 e. The van der Waals surface area contributed by atoms with E-state index in [1.54, 1.807) is 10.9 Å². The molecule has 1 N–H and O–H groups in total. The third kappa shape index (κ3) is 2.76. The van der Waals surface area contributed by atoms with Gasteiger partial charge in [0.15, 0.2) is 5.69 Å². The average Bonchev–Trinajstić information content (AvgIpc) is 2.97. The van der Waals surface area contributed by atoms with E-state index < -0.39 is 0 Å². The number of nitrogens with one attached hydrogen (secondary N) is 1. The van der Waals surface area contributed by atoms with E-state index in [2.05, 4.69) is 15.6 Å². The van der Waals surface area contributed by atoms with Crippen LogP contribution in [0.25, 0.3) is 5.69 Å². The van der Waals surface area contributed by atoms with Crippen molar-refractivity contribution in [2.24, 2.45) is 0 Å². The SMILES string of the molecule is Cc1ccc(-n2cc(C(=O)N3CCNC(=O)C3)nn2)cc1. The van der Waals surface area contributed by atoms with Crippen LogP contribution >= 0.6 is 0 Å². The minimum atomic E-state index is -0.275. The lowest BCUT2D eigenvalue weighted by atomic mass is 10.2. The van der Waals surface area contributed by atoms with Crippen LogP contribution in [0, 0.1) is 6.92 Å². The van der Waals surface area contributed by atoms with E-state index in [-0.39, 0.29) is 24.1 Å². The fourth-order valence-electron chi connectivity index (χ4n) is 2.16. The predicted molar refractivity (Wildman–Crippen MR) is 75.0 cm³/mol. The third-order valence-electron chi connectivity index (χ3n) is 3.34. The summed E-state index contributed by atoms with van der Waals surface area (Å²) in [6.07, 6.45) is 1.58. The van der Waals surface area contributed by atoms with Crippen molar-refractivity contribution in [1.29, 1.82) is 0 Å². The van der Waals surface area contributed by atoms with Gasteiger partial charge < -0.3 is 10.2 Å². The molecule has 0 bridgehead atoms. The van der Waals surface area contributed by atoms with E-state index in [1.807, 2.05) is 31.2 Å². The molecule has 1 saturated heterocycles. The topological polar surface area (TPSA) is 80.1 Å². The summed E-state index contributed by atoms with van der Waals surface area (Å²) in [7, 11) is 0. The Hall–Kier alpha value is -2.70. The van der Waals surface area contributed by atoms with Gasteiger partial charge in [-0.1, -0.05) is 22.9 Å². The number of carbonyl (C=O) groups excluding carboxylic acids is 2. The molecule has 2 aromatic rings. The number of hydrogen-bond donors (Lipinski definition) is 1. The highest BCUT2D eigenvalue weighted by Crippen LogP contribution is 2.10. The lowest BCUT2D eigenvalue weighted by Gasteiger charge is -2.25. The first-order chi connectivity index (χ1) is 10.1. The molecule has 7 heteroatoms. The van der Waals surface area contributed by atoms with Gasteiger partial charge in [-0.3, -0.25) is 9.59 Å².